The Morgan fingerprint density at radius 1 is 1.56 bits per heavy atom. The SMILES string of the molecule is N[C@H]1CCCN([P@@](N)(=O)NS(=O)(=O)O)C1=O. The van der Waals surface area contributed by atoms with Gasteiger partial charge < -0.3 is 5.73 Å². The summed E-state index contributed by atoms with van der Waals surface area (Å²) in [6.07, 6.45) is 0.877. The van der Waals surface area contributed by atoms with E-state index in [0.29, 0.717) is 17.5 Å². The number of carbonyl (C=O) groups is 1. The molecule has 0 spiro atoms. The zero-order valence-corrected chi connectivity index (χ0v) is 9.95. The lowest BCUT2D eigenvalue weighted by Gasteiger charge is -2.33. The van der Waals surface area contributed by atoms with Crippen LogP contribution in [0.1, 0.15) is 12.8 Å². The van der Waals surface area contributed by atoms with Crippen LogP contribution in [0.5, 0.6) is 0 Å². The van der Waals surface area contributed by atoms with E-state index < -0.39 is 29.8 Å². The van der Waals surface area contributed by atoms with Gasteiger partial charge in [-0.1, -0.05) is 0 Å². The highest BCUT2D eigenvalue weighted by atomic mass is 32.2. The van der Waals surface area contributed by atoms with Crippen LogP contribution in [-0.4, -0.2) is 36.1 Å². The molecule has 9 nitrogen and oxygen atoms in total. The molecule has 1 rings (SSSR count). The summed E-state index contributed by atoms with van der Waals surface area (Å²) in [7, 11) is -8.91. The molecule has 94 valence electrons. The first-order chi connectivity index (χ1) is 7.13. The summed E-state index contributed by atoms with van der Waals surface area (Å²) in [6, 6.07) is -0.853. The Morgan fingerprint density at radius 2 is 2.12 bits per heavy atom. The second-order valence-corrected chi connectivity index (χ2v) is 6.81. The van der Waals surface area contributed by atoms with Crippen LogP contribution in [0.3, 0.4) is 0 Å². The van der Waals surface area contributed by atoms with Gasteiger partial charge in [0.25, 0.3) is 0 Å². The molecule has 6 N–H and O–H groups in total. The van der Waals surface area contributed by atoms with Gasteiger partial charge in [-0.3, -0.25) is 24.1 Å². The van der Waals surface area contributed by atoms with Crippen molar-refractivity contribution < 1.29 is 22.3 Å². The lowest BCUT2D eigenvalue weighted by Crippen LogP contribution is -2.50. The van der Waals surface area contributed by atoms with Crippen molar-refractivity contribution in [3.05, 3.63) is 0 Å². The van der Waals surface area contributed by atoms with Crippen molar-refractivity contribution in [1.82, 2.24) is 9.16 Å². The molecular weight excluding hydrogens is 259 g/mol. The van der Waals surface area contributed by atoms with Gasteiger partial charge in [-0.2, -0.15) is 8.42 Å². The maximum absolute atomic E-state index is 11.7. The molecule has 0 aromatic heterocycles. The van der Waals surface area contributed by atoms with Crippen molar-refractivity contribution in [2.24, 2.45) is 11.2 Å². The number of carbonyl (C=O) groups excluding carboxylic acids is 1. The molecule has 0 saturated carbocycles. The molecule has 0 radical (unpaired) electrons. The van der Waals surface area contributed by atoms with E-state index in [2.05, 4.69) is 0 Å². The van der Waals surface area contributed by atoms with Crippen LogP contribution < -0.4 is 15.7 Å². The lowest BCUT2D eigenvalue weighted by molar-refractivity contribution is -0.129. The number of nitrogens with two attached hydrogens (primary N) is 2. The van der Waals surface area contributed by atoms with Crippen molar-refractivity contribution in [3.63, 3.8) is 0 Å². The van der Waals surface area contributed by atoms with E-state index in [0.717, 1.165) is 0 Å². The fourth-order valence-electron chi connectivity index (χ4n) is 1.40. The fourth-order valence-corrected chi connectivity index (χ4v) is 3.99. The minimum Gasteiger partial charge on any atom is -0.320 e. The molecule has 0 aromatic rings. The van der Waals surface area contributed by atoms with Crippen molar-refractivity contribution in [1.29, 1.82) is 0 Å². The molecule has 1 aliphatic heterocycles. The first-order valence-electron chi connectivity index (χ1n) is 4.36. The highest BCUT2D eigenvalue weighted by Gasteiger charge is 2.38. The van der Waals surface area contributed by atoms with Gasteiger partial charge in [0.15, 0.2) is 0 Å². The Morgan fingerprint density at radius 3 is 2.62 bits per heavy atom. The molecule has 0 aliphatic carbocycles. The zero-order valence-electron chi connectivity index (χ0n) is 8.24. The monoisotopic (exact) mass is 272 g/mol. The average Bonchev–Trinajstić information content (AvgIpc) is 2.05. The van der Waals surface area contributed by atoms with Crippen LogP contribution in [0, 0.1) is 0 Å². The normalized spacial score (nSPS) is 26.6. The minimum atomic E-state index is -4.74. The van der Waals surface area contributed by atoms with E-state index in [9.17, 15) is 17.8 Å². The predicted octanol–water partition coefficient (Wildman–Crippen LogP) is -1.60. The molecule has 1 amide bonds. The number of piperidine rings is 1. The first-order valence-corrected chi connectivity index (χ1v) is 7.53. The number of nitrogens with one attached hydrogen (secondary N) is 1. The van der Waals surface area contributed by atoms with Gasteiger partial charge in [-0.25, -0.2) is 0 Å². The summed E-state index contributed by atoms with van der Waals surface area (Å²) >= 11 is 0. The fraction of sp³-hybridized carbons (Fsp3) is 0.800. The number of hydrogen-bond donors (Lipinski definition) is 4. The van der Waals surface area contributed by atoms with E-state index in [1.54, 1.807) is 0 Å². The lowest BCUT2D eigenvalue weighted by atomic mass is 10.1. The maximum Gasteiger partial charge on any atom is 0.341 e. The van der Waals surface area contributed by atoms with Gasteiger partial charge in [-0.05, 0) is 12.8 Å². The van der Waals surface area contributed by atoms with Gasteiger partial charge in [0, 0.05) is 6.54 Å². The topological polar surface area (TPSA) is 156 Å². The molecule has 0 bridgehead atoms. The van der Waals surface area contributed by atoms with Crippen LogP contribution in [0.4, 0.5) is 0 Å². The number of hydrogen-bond acceptors (Lipinski definition) is 5. The summed E-state index contributed by atoms with van der Waals surface area (Å²) in [6.45, 7) is 0.0306. The largest absolute Gasteiger partial charge is 0.341 e. The van der Waals surface area contributed by atoms with Crippen LogP contribution in [-0.2, 0) is 19.7 Å². The van der Waals surface area contributed by atoms with Crippen LogP contribution >= 0.6 is 7.59 Å². The smallest absolute Gasteiger partial charge is 0.320 e. The summed E-state index contributed by atoms with van der Waals surface area (Å²) in [5.74, 6) is -0.701. The number of rotatable bonds is 3. The van der Waals surface area contributed by atoms with E-state index in [1.807, 2.05) is 0 Å². The highest BCUT2D eigenvalue weighted by Crippen LogP contribution is 2.39. The molecule has 0 aromatic carbocycles. The third kappa shape index (κ3) is 3.24. The Balaban J connectivity index is 2.91. The Hall–Kier alpha value is -0.510. The average molecular weight is 272 g/mol. The Bertz CT molecular complexity index is 436. The maximum atomic E-state index is 11.7. The molecule has 1 aliphatic rings. The Labute approximate surface area is 92.6 Å². The molecule has 16 heavy (non-hydrogen) atoms. The summed E-state index contributed by atoms with van der Waals surface area (Å²) in [4.78, 5) is 11.5. The summed E-state index contributed by atoms with van der Waals surface area (Å²) < 4.78 is 43.2. The molecule has 2 atom stereocenters. The second kappa shape index (κ2) is 4.40. The molecule has 1 heterocycles. The van der Waals surface area contributed by atoms with Crippen LogP contribution in [0.25, 0.3) is 0 Å². The highest BCUT2D eigenvalue weighted by molar-refractivity contribution is 7.90. The van der Waals surface area contributed by atoms with E-state index >= 15 is 0 Å². The van der Waals surface area contributed by atoms with Crippen LogP contribution in [0.15, 0.2) is 0 Å². The third-order valence-electron chi connectivity index (χ3n) is 2.06. The Kier molecular flexibility index (Phi) is 3.72. The summed E-state index contributed by atoms with van der Waals surface area (Å²) in [5, 5.41) is 0. The van der Waals surface area contributed by atoms with Crippen LogP contribution in [0.2, 0.25) is 0 Å². The first kappa shape index (κ1) is 13.6. The van der Waals surface area contributed by atoms with Gasteiger partial charge in [0.2, 0.25) is 5.91 Å². The molecule has 0 unspecified atom stereocenters. The van der Waals surface area contributed by atoms with Crippen molar-refractivity contribution in [3.8, 4) is 0 Å². The van der Waals surface area contributed by atoms with E-state index in [1.165, 1.54) is 4.49 Å². The number of amides is 1. The molecule has 1 fully saturated rings. The summed E-state index contributed by atoms with van der Waals surface area (Å²) in [5.41, 5.74) is 10.6. The standard InChI is InChI=1S/C5H13N4O5PS/c6-4-2-1-3-9(5(4)10)15(7,11)8-16(12,13)14/h4H,1-3,6H2,(H3,7,8,11)(H,12,13,14)/t4-,15-/m0/s1. The van der Waals surface area contributed by atoms with E-state index in [4.69, 9.17) is 15.8 Å². The third-order valence-corrected chi connectivity index (χ3v) is 5.15. The molecule has 1 saturated heterocycles. The molecular formula is C5H13N4O5PS. The molecule has 11 heteroatoms. The van der Waals surface area contributed by atoms with Crippen molar-refractivity contribution in [2.45, 2.75) is 18.9 Å². The quantitative estimate of drug-likeness (QED) is 0.356. The van der Waals surface area contributed by atoms with Crippen molar-refractivity contribution >= 4 is 23.8 Å². The van der Waals surface area contributed by atoms with Gasteiger partial charge in [-0.15, -0.1) is 4.49 Å². The van der Waals surface area contributed by atoms with Crippen molar-refractivity contribution in [2.75, 3.05) is 6.54 Å². The zero-order chi connectivity index (χ0) is 12.6. The number of nitrogens with zero attached hydrogens (tertiary/aromatic N) is 1. The van der Waals surface area contributed by atoms with Gasteiger partial charge >= 0.3 is 17.9 Å². The van der Waals surface area contributed by atoms with Gasteiger partial charge in [0.05, 0.1) is 6.04 Å². The van der Waals surface area contributed by atoms with Gasteiger partial charge in [0.1, 0.15) is 0 Å². The predicted molar refractivity (Wildman–Crippen MR) is 55.4 cm³/mol. The minimum absolute atomic E-state index is 0.0306. The second-order valence-electron chi connectivity index (χ2n) is 3.40. The van der Waals surface area contributed by atoms with E-state index in [-0.39, 0.29) is 6.54 Å².